The van der Waals surface area contributed by atoms with Gasteiger partial charge in [-0.3, -0.25) is 10.1 Å². The standard InChI is InChI=1S/C22H21NO5/c24-13-12-17-6-8-19(9-7-17)27-14-15-28-20-10-11-21(22(16-20)23(25)26)18-4-2-1-3-5-18/h1-11,16,24H,12-15H2. The predicted molar refractivity (Wildman–Crippen MR) is 107 cm³/mol. The van der Waals surface area contributed by atoms with Crippen LogP contribution in [0.25, 0.3) is 11.1 Å². The van der Waals surface area contributed by atoms with Crippen molar-refractivity contribution in [2.45, 2.75) is 6.42 Å². The van der Waals surface area contributed by atoms with Crippen molar-refractivity contribution in [1.82, 2.24) is 0 Å². The third kappa shape index (κ3) is 5.08. The van der Waals surface area contributed by atoms with Gasteiger partial charge in [0.25, 0.3) is 5.69 Å². The normalized spacial score (nSPS) is 10.5. The van der Waals surface area contributed by atoms with E-state index in [-0.39, 0.29) is 18.9 Å². The van der Waals surface area contributed by atoms with E-state index < -0.39 is 4.92 Å². The summed E-state index contributed by atoms with van der Waals surface area (Å²) in [4.78, 5) is 11.0. The van der Waals surface area contributed by atoms with Gasteiger partial charge in [0.15, 0.2) is 0 Å². The molecule has 0 bridgehead atoms. The number of aliphatic hydroxyl groups is 1. The highest BCUT2D eigenvalue weighted by Gasteiger charge is 2.16. The van der Waals surface area contributed by atoms with Gasteiger partial charge in [0, 0.05) is 6.61 Å². The van der Waals surface area contributed by atoms with E-state index in [2.05, 4.69) is 0 Å². The van der Waals surface area contributed by atoms with E-state index >= 15 is 0 Å². The number of ether oxygens (including phenoxy) is 2. The minimum Gasteiger partial charge on any atom is -0.490 e. The van der Waals surface area contributed by atoms with Gasteiger partial charge < -0.3 is 14.6 Å². The number of rotatable bonds is 9. The maximum Gasteiger partial charge on any atom is 0.280 e. The number of aliphatic hydroxyl groups excluding tert-OH is 1. The molecule has 0 amide bonds. The van der Waals surface area contributed by atoms with Gasteiger partial charge in [-0.25, -0.2) is 0 Å². The summed E-state index contributed by atoms with van der Waals surface area (Å²) < 4.78 is 11.2. The number of hydrogen-bond donors (Lipinski definition) is 1. The van der Waals surface area contributed by atoms with Crippen LogP contribution in [0.15, 0.2) is 72.8 Å². The summed E-state index contributed by atoms with van der Waals surface area (Å²) in [6.07, 6.45) is 0.612. The fourth-order valence-electron chi connectivity index (χ4n) is 2.81. The molecule has 0 atom stereocenters. The summed E-state index contributed by atoms with van der Waals surface area (Å²) in [6.45, 7) is 0.692. The number of nitrogens with zero attached hydrogens (tertiary/aromatic N) is 1. The Morgan fingerprint density at radius 3 is 2.14 bits per heavy atom. The van der Waals surface area contributed by atoms with Crippen molar-refractivity contribution in [3.05, 3.63) is 88.5 Å². The summed E-state index contributed by atoms with van der Waals surface area (Å²) in [5.74, 6) is 1.13. The average molecular weight is 379 g/mol. The Hall–Kier alpha value is -3.38. The summed E-state index contributed by atoms with van der Waals surface area (Å²) in [5, 5.41) is 20.4. The minimum absolute atomic E-state index is 0.00379. The molecule has 0 heterocycles. The van der Waals surface area contributed by atoms with E-state index in [1.807, 2.05) is 54.6 Å². The quantitative estimate of drug-likeness (QED) is 0.341. The van der Waals surface area contributed by atoms with Crippen LogP contribution >= 0.6 is 0 Å². The summed E-state index contributed by atoms with van der Waals surface area (Å²) in [5.41, 5.74) is 2.38. The molecule has 0 saturated carbocycles. The maximum atomic E-state index is 11.4. The zero-order valence-electron chi connectivity index (χ0n) is 15.3. The monoisotopic (exact) mass is 379 g/mol. The molecule has 144 valence electrons. The number of hydrogen-bond acceptors (Lipinski definition) is 5. The molecule has 3 aromatic carbocycles. The molecule has 0 radical (unpaired) electrons. The van der Waals surface area contributed by atoms with Crippen LogP contribution in [0.1, 0.15) is 5.56 Å². The van der Waals surface area contributed by atoms with Gasteiger partial charge in [0.1, 0.15) is 24.7 Å². The molecule has 3 rings (SSSR count). The maximum absolute atomic E-state index is 11.4. The third-order valence-electron chi connectivity index (χ3n) is 4.20. The first-order valence-electron chi connectivity index (χ1n) is 8.96. The lowest BCUT2D eigenvalue weighted by Crippen LogP contribution is -2.09. The molecule has 0 spiro atoms. The van der Waals surface area contributed by atoms with Gasteiger partial charge in [-0.15, -0.1) is 0 Å². The molecule has 0 aliphatic carbocycles. The first-order chi connectivity index (χ1) is 13.7. The molecule has 1 N–H and O–H groups in total. The molecule has 0 unspecified atom stereocenters. The molecule has 3 aromatic rings. The SMILES string of the molecule is O=[N+]([O-])c1cc(OCCOc2ccc(CCO)cc2)ccc1-c1ccccc1. The Balaban J connectivity index is 1.58. The summed E-state index contributed by atoms with van der Waals surface area (Å²) >= 11 is 0. The Morgan fingerprint density at radius 2 is 1.50 bits per heavy atom. The summed E-state index contributed by atoms with van der Waals surface area (Å²) in [6, 6.07) is 21.6. The largest absolute Gasteiger partial charge is 0.490 e. The lowest BCUT2D eigenvalue weighted by atomic mass is 10.0. The van der Waals surface area contributed by atoms with Crippen LogP contribution in [-0.4, -0.2) is 29.9 Å². The van der Waals surface area contributed by atoms with Crippen molar-refractivity contribution in [1.29, 1.82) is 0 Å². The zero-order valence-corrected chi connectivity index (χ0v) is 15.3. The van der Waals surface area contributed by atoms with Crippen LogP contribution in [0.3, 0.4) is 0 Å². The zero-order chi connectivity index (χ0) is 19.8. The van der Waals surface area contributed by atoms with Crippen LogP contribution in [0, 0.1) is 10.1 Å². The molecule has 0 saturated heterocycles. The fraction of sp³-hybridized carbons (Fsp3) is 0.182. The van der Waals surface area contributed by atoms with Crippen LogP contribution in [0.4, 0.5) is 5.69 Å². The average Bonchev–Trinajstić information content (AvgIpc) is 2.73. The van der Waals surface area contributed by atoms with Crippen LogP contribution in [0.5, 0.6) is 11.5 Å². The number of benzene rings is 3. The second-order valence-corrected chi connectivity index (χ2v) is 6.12. The first kappa shape index (κ1) is 19.4. The topological polar surface area (TPSA) is 81.8 Å². The van der Waals surface area contributed by atoms with Crippen molar-refractivity contribution < 1.29 is 19.5 Å². The first-order valence-corrected chi connectivity index (χ1v) is 8.96. The van der Waals surface area contributed by atoms with Crippen LogP contribution in [0.2, 0.25) is 0 Å². The van der Waals surface area contributed by atoms with Gasteiger partial charge in [0.05, 0.1) is 16.6 Å². The number of nitro groups is 1. The van der Waals surface area contributed by atoms with Gasteiger partial charge >= 0.3 is 0 Å². The van der Waals surface area contributed by atoms with Gasteiger partial charge in [-0.2, -0.15) is 0 Å². The molecule has 0 aliphatic rings. The Morgan fingerprint density at radius 1 is 0.857 bits per heavy atom. The van der Waals surface area contributed by atoms with E-state index in [0.717, 1.165) is 11.1 Å². The van der Waals surface area contributed by atoms with Gasteiger partial charge in [-0.1, -0.05) is 42.5 Å². The van der Waals surface area contributed by atoms with E-state index in [1.165, 1.54) is 6.07 Å². The predicted octanol–water partition coefficient (Wildman–Crippen LogP) is 4.25. The number of nitro benzene ring substituents is 1. The molecule has 6 nitrogen and oxygen atoms in total. The van der Waals surface area contributed by atoms with E-state index in [1.54, 1.807) is 12.1 Å². The molecule has 6 heteroatoms. The van der Waals surface area contributed by atoms with Crippen LogP contribution < -0.4 is 9.47 Å². The lowest BCUT2D eigenvalue weighted by molar-refractivity contribution is -0.384. The highest BCUT2D eigenvalue weighted by atomic mass is 16.6. The van der Waals surface area contributed by atoms with Gasteiger partial charge in [0.2, 0.25) is 0 Å². The molecule has 28 heavy (non-hydrogen) atoms. The smallest absolute Gasteiger partial charge is 0.280 e. The van der Waals surface area contributed by atoms with Gasteiger partial charge in [-0.05, 0) is 41.8 Å². The van der Waals surface area contributed by atoms with Crippen molar-refractivity contribution in [2.24, 2.45) is 0 Å². The molecule has 0 aliphatic heterocycles. The highest BCUT2D eigenvalue weighted by Crippen LogP contribution is 2.33. The Bertz CT molecular complexity index is 910. The van der Waals surface area contributed by atoms with Crippen molar-refractivity contribution in [3.8, 4) is 22.6 Å². The molecule has 0 aromatic heterocycles. The van der Waals surface area contributed by atoms with Crippen LogP contribution in [-0.2, 0) is 6.42 Å². The highest BCUT2D eigenvalue weighted by molar-refractivity contribution is 5.74. The van der Waals surface area contributed by atoms with E-state index in [4.69, 9.17) is 14.6 Å². The Kier molecular flexibility index (Phi) is 6.59. The van der Waals surface area contributed by atoms with Crippen molar-refractivity contribution in [2.75, 3.05) is 19.8 Å². The van der Waals surface area contributed by atoms with E-state index in [9.17, 15) is 10.1 Å². The molecular weight excluding hydrogens is 358 g/mol. The molecular formula is C22H21NO5. The second kappa shape index (κ2) is 9.53. The fourth-order valence-corrected chi connectivity index (χ4v) is 2.81. The van der Waals surface area contributed by atoms with Crippen molar-refractivity contribution >= 4 is 5.69 Å². The second-order valence-electron chi connectivity index (χ2n) is 6.12. The Labute approximate surface area is 163 Å². The summed E-state index contributed by atoms with van der Waals surface area (Å²) in [7, 11) is 0. The molecule has 0 fully saturated rings. The van der Waals surface area contributed by atoms with E-state index in [0.29, 0.717) is 30.1 Å². The minimum atomic E-state index is -0.403. The third-order valence-corrected chi connectivity index (χ3v) is 4.20. The lowest BCUT2D eigenvalue weighted by Gasteiger charge is -2.10. The van der Waals surface area contributed by atoms with Crippen molar-refractivity contribution in [3.63, 3.8) is 0 Å².